The molecule has 0 bridgehead atoms. The van der Waals surface area contributed by atoms with Crippen molar-refractivity contribution in [3.05, 3.63) is 62.5 Å². The van der Waals surface area contributed by atoms with Gasteiger partial charge in [-0.15, -0.1) is 11.6 Å². The van der Waals surface area contributed by atoms with Gasteiger partial charge >= 0.3 is 0 Å². The van der Waals surface area contributed by atoms with E-state index in [9.17, 15) is 4.79 Å². The number of amides is 1. The molecule has 98 valence electrons. The Morgan fingerprint density at radius 2 is 1.79 bits per heavy atom. The van der Waals surface area contributed by atoms with Crippen molar-refractivity contribution in [1.29, 1.82) is 0 Å². The Balaban J connectivity index is 2.18. The molecule has 0 aromatic heterocycles. The summed E-state index contributed by atoms with van der Waals surface area (Å²) in [6.07, 6.45) is 0. The topological polar surface area (TPSA) is 29.1 Å². The van der Waals surface area contributed by atoms with Crippen LogP contribution < -0.4 is 5.32 Å². The third-order valence-electron chi connectivity index (χ3n) is 2.54. The number of carbonyl (C=O) groups is 1. The van der Waals surface area contributed by atoms with Gasteiger partial charge in [0.05, 0.1) is 5.56 Å². The molecule has 0 aliphatic rings. The highest BCUT2D eigenvalue weighted by atomic mass is 79.9. The fraction of sp³-hybridized carbons (Fsp3) is 0.0714. The number of anilines is 1. The smallest absolute Gasteiger partial charge is 0.256 e. The Labute approximate surface area is 133 Å². The van der Waals surface area contributed by atoms with E-state index in [2.05, 4.69) is 37.2 Å². The van der Waals surface area contributed by atoms with Gasteiger partial charge in [0.15, 0.2) is 0 Å². The fourth-order valence-electron chi connectivity index (χ4n) is 1.55. The van der Waals surface area contributed by atoms with E-state index in [1.165, 1.54) is 0 Å². The Morgan fingerprint density at radius 1 is 1.11 bits per heavy atom. The molecule has 0 fully saturated rings. The molecule has 2 rings (SSSR count). The van der Waals surface area contributed by atoms with Gasteiger partial charge in [-0.2, -0.15) is 0 Å². The molecule has 0 radical (unpaired) electrons. The van der Waals surface area contributed by atoms with Gasteiger partial charge < -0.3 is 5.32 Å². The number of halogens is 3. The predicted octanol–water partition coefficient (Wildman–Crippen LogP) is 5.20. The summed E-state index contributed by atoms with van der Waals surface area (Å²) in [5, 5.41) is 2.84. The van der Waals surface area contributed by atoms with Crippen molar-refractivity contribution in [1.82, 2.24) is 0 Å². The average Bonchev–Trinajstić information content (AvgIpc) is 2.42. The van der Waals surface area contributed by atoms with E-state index in [-0.39, 0.29) is 5.91 Å². The second kappa shape index (κ2) is 6.55. The van der Waals surface area contributed by atoms with E-state index in [0.29, 0.717) is 11.4 Å². The van der Waals surface area contributed by atoms with Crippen LogP contribution in [0, 0.1) is 0 Å². The molecule has 0 heterocycles. The van der Waals surface area contributed by atoms with Crippen LogP contribution in [0.3, 0.4) is 0 Å². The summed E-state index contributed by atoms with van der Waals surface area (Å²) in [5.41, 5.74) is 2.34. The highest BCUT2D eigenvalue weighted by Gasteiger charge is 2.10. The maximum Gasteiger partial charge on any atom is 0.256 e. The molecule has 2 aromatic rings. The van der Waals surface area contributed by atoms with Crippen molar-refractivity contribution in [2.75, 3.05) is 5.32 Å². The first-order chi connectivity index (χ1) is 9.10. The molecule has 0 unspecified atom stereocenters. The van der Waals surface area contributed by atoms with Crippen LogP contribution in [-0.2, 0) is 5.88 Å². The molecule has 0 aliphatic carbocycles. The zero-order valence-corrected chi connectivity index (χ0v) is 13.7. The summed E-state index contributed by atoms with van der Waals surface area (Å²) in [6, 6.07) is 12.9. The SMILES string of the molecule is O=C(Nc1ccc(CCl)cc1)c1cc(Br)ccc1Br. The van der Waals surface area contributed by atoms with Crippen molar-refractivity contribution < 1.29 is 4.79 Å². The van der Waals surface area contributed by atoms with Crippen molar-refractivity contribution in [2.45, 2.75) is 5.88 Å². The monoisotopic (exact) mass is 401 g/mol. The molecule has 1 N–H and O–H groups in total. The first kappa shape index (κ1) is 14.6. The lowest BCUT2D eigenvalue weighted by atomic mass is 10.2. The molecule has 0 saturated carbocycles. The van der Waals surface area contributed by atoms with Crippen molar-refractivity contribution in [3.8, 4) is 0 Å². The minimum Gasteiger partial charge on any atom is -0.322 e. The lowest BCUT2D eigenvalue weighted by Crippen LogP contribution is -2.12. The highest BCUT2D eigenvalue weighted by Crippen LogP contribution is 2.22. The number of nitrogens with one attached hydrogen (secondary N) is 1. The Morgan fingerprint density at radius 3 is 2.42 bits per heavy atom. The summed E-state index contributed by atoms with van der Waals surface area (Å²) in [4.78, 5) is 12.2. The number of hydrogen-bond acceptors (Lipinski definition) is 1. The predicted molar refractivity (Wildman–Crippen MR) is 85.8 cm³/mol. The summed E-state index contributed by atoms with van der Waals surface area (Å²) in [6.45, 7) is 0. The van der Waals surface area contributed by atoms with Crippen LogP contribution in [0.25, 0.3) is 0 Å². The van der Waals surface area contributed by atoms with Crippen LogP contribution in [0.15, 0.2) is 51.4 Å². The van der Waals surface area contributed by atoms with Crippen LogP contribution in [-0.4, -0.2) is 5.91 Å². The Hall–Kier alpha value is -0.840. The number of alkyl halides is 1. The van der Waals surface area contributed by atoms with Crippen molar-refractivity contribution in [2.24, 2.45) is 0 Å². The van der Waals surface area contributed by atoms with Crippen LogP contribution in [0.2, 0.25) is 0 Å². The Kier molecular flexibility index (Phi) is 5.02. The zero-order chi connectivity index (χ0) is 13.8. The van der Waals surface area contributed by atoms with Crippen molar-refractivity contribution in [3.63, 3.8) is 0 Å². The van der Waals surface area contributed by atoms with E-state index in [4.69, 9.17) is 11.6 Å². The van der Waals surface area contributed by atoms with Gasteiger partial charge in [0, 0.05) is 20.5 Å². The van der Waals surface area contributed by atoms with Gasteiger partial charge in [0.1, 0.15) is 0 Å². The van der Waals surface area contributed by atoms with Gasteiger partial charge in [-0.05, 0) is 51.8 Å². The zero-order valence-electron chi connectivity index (χ0n) is 9.79. The molecule has 0 saturated heterocycles. The fourth-order valence-corrected chi connectivity index (χ4v) is 2.51. The molecule has 0 aliphatic heterocycles. The molecule has 0 spiro atoms. The number of hydrogen-bond donors (Lipinski definition) is 1. The first-order valence-corrected chi connectivity index (χ1v) is 7.63. The quantitative estimate of drug-likeness (QED) is 0.701. The largest absolute Gasteiger partial charge is 0.322 e. The normalized spacial score (nSPS) is 10.3. The highest BCUT2D eigenvalue weighted by molar-refractivity contribution is 9.11. The molecule has 1 amide bonds. The van der Waals surface area contributed by atoms with Crippen molar-refractivity contribution >= 4 is 55.1 Å². The number of rotatable bonds is 3. The van der Waals surface area contributed by atoms with Gasteiger partial charge in [-0.25, -0.2) is 0 Å². The molecule has 2 aromatic carbocycles. The van der Waals surface area contributed by atoms with Crippen LogP contribution >= 0.6 is 43.5 Å². The summed E-state index contributed by atoms with van der Waals surface area (Å²) in [7, 11) is 0. The minimum atomic E-state index is -0.160. The molecular formula is C14H10Br2ClNO. The second-order valence-corrected chi connectivity index (χ2v) is 5.95. The maximum atomic E-state index is 12.2. The maximum absolute atomic E-state index is 12.2. The summed E-state index contributed by atoms with van der Waals surface area (Å²) >= 11 is 12.4. The summed E-state index contributed by atoms with van der Waals surface area (Å²) in [5.74, 6) is 0.303. The first-order valence-electron chi connectivity index (χ1n) is 5.51. The second-order valence-electron chi connectivity index (χ2n) is 3.91. The molecular weight excluding hydrogens is 393 g/mol. The van der Waals surface area contributed by atoms with Crippen LogP contribution in [0.4, 0.5) is 5.69 Å². The number of carbonyl (C=O) groups excluding carboxylic acids is 1. The van der Waals surface area contributed by atoms with E-state index in [1.807, 2.05) is 36.4 Å². The standard InChI is InChI=1S/C14H10Br2ClNO/c15-10-3-6-13(16)12(7-10)14(19)18-11-4-1-9(8-17)2-5-11/h1-7H,8H2,(H,18,19). The molecule has 0 atom stereocenters. The summed E-state index contributed by atoms with van der Waals surface area (Å²) < 4.78 is 1.61. The van der Waals surface area contributed by atoms with Crippen LogP contribution in [0.1, 0.15) is 15.9 Å². The van der Waals surface area contributed by atoms with E-state index >= 15 is 0 Å². The van der Waals surface area contributed by atoms with E-state index in [1.54, 1.807) is 6.07 Å². The van der Waals surface area contributed by atoms with E-state index in [0.717, 1.165) is 20.2 Å². The third-order valence-corrected chi connectivity index (χ3v) is 4.03. The van der Waals surface area contributed by atoms with Gasteiger partial charge in [0.25, 0.3) is 5.91 Å². The average molecular weight is 404 g/mol. The molecule has 19 heavy (non-hydrogen) atoms. The lowest BCUT2D eigenvalue weighted by Gasteiger charge is -2.08. The third kappa shape index (κ3) is 3.81. The molecule has 2 nitrogen and oxygen atoms in total. The Bertz CT molecular complexity index is 599. The lowest BCUT2D eigenvalue weighted by molar-refractivity contribution is 0.102. The van der Waals surface area contributed by atoms with Gasteiger partial charge in [0.2, 0.25) is 0 Å². The van der Waals surface area contributed by atoms with Gasteiger partial charge in [-0.3, -0.25) is 4.79 Å². The molecule has 5 heteroatoms. The minimum absolute atomic E-state index is 0.160. The van der Waals surface area contributed by atoms with Gasteiger partial charge in [-0.1, -0.05) is 28.1 Å². The van der Waals surface area contributed by atoms with E-state index < -0.39 is 0 Å². The number of benzene rings is 2. The van der Waals surface area contributed by atoms with Crippen LogP contribution in [0.5, 0.6) is 0 Å².